The summed E-state index contributed by atoms with van der Waals surface area (Å²) in [6.45, 7) is 6.14. The van der Waals surface area contributed by atoms with Crippen LogP contribution in [0, 0.1) is 0 Å². The fraction of sp³-hybridized carbons (Fsp3) is 0.464. The summed E-state index contributed by atoms with van der Waals surface area (Å²) >= 11 is 6.05. The monoisotopic (exact) mass is 529 g/mol. The van der Waals surface area contributed by atoms with Crippen molar-refractivity contribution in [1.82, 2.24) is 14.5 Å². The van der Waals surface area contributed by atoms with Gasteiger partial charge in [-0.3, -0.25) is 4.90 Å². The van der Waals surface area contributed by atoms with Gasteiger partial charge in [0, 0.05) is 50.0 Å². The second-order valence-electron chi connectivity index (χ2n) is 9.31. The van der Waals surface area contributed by atoms with Crippen LogP contribution in [-0.2, 0) is 24.2 Å². The first-order valence-corrected chi connectivity index (χ1v) is 13.1. The van der Waals surface area contributed by atoms with E-state index in [9.17, 15) is 5.11 Å². The van der Waals surface area contributed by atoms with E-state index in [-0.39, 0.29) is 13.2 Å². The zero-order valence-electron chi connectivity index (χ0n) is 21.6. The molecule has 3 aromatic rings. The molecule has 1 aliphatic heterocycles. The van der Waals surface area contributed by atoms with Gasteiger partial charge in [-0.2, -0.15) is 0 Å². The molecule has 8 nitrogen and oxygen atoms in total. The molecule has 1 aromatic heterocycles. The van der Waals surface area contributed by atoms with Crippen molar-refractivity contribution in [3.8, 4) is 17.2 Å². The van der Waals surface area contributed by atoms with Crippen LogP contribution in [0.25, 0.3) is 0 Å². The molecule has 2 heterocycles. The molecule has 1 aliphatic rings. The molecule has 0 spiro atoms. The summed E-state index contributed by atoms with van der Waals surface area (Å²) in [4.78, 5) is 6.54. The minimum Gasteiger partial charge on any atom is -0.493 e. The summed E-state index contributed by atoms with van der Waals surface area (Å²) in [5.41, 5.74) is -0.0753. The molecular weight excluding hydrogens is 494 g/mol. The number of hydrogen-bond donors (Lipinski definition) is 1. The summed E-state index contributed by atoms with van der Waals surface area (Å²) in [5.74, 6) is 3.12. The number of halogens is 1. The maximum atomic E-state index is 11.3. The minimum absolute atomic E-state index is 0.109. The van der Waals surface area contributed by atoms with Crippen LogP contribution in [0.15, 0.2) is 54.9 Å². The van der Waals surface area contributed by atoms with Crippen LogP contribution < -0.4 is 14.2 Å². The number of benzene rings is 2. The highest BCUT2D eigenvalue weighted by Gasteiger charge is 2.33. The Morgan fingerprint density at radius 1 is 1.16 bits per heavy atom. The highest BCUT2D eigenvalue weighted by atomic mass is 35.5. The Bertz CT molecular complexity index is 1140. The highest BCUT2D eigenvalue weighted by Crippen LogP contribution is 2.29. The van der Waals surface area contributed by atoms with Gasteiger partial charge in [0.2, 0.25) is 0 Å². The molecule has 1 N–H and O–H groups in total. The van der Waals surface area contributed by atoms with Crippen LogP contribution in [-0.4, -0.2) is 71.8 Å². The Morgan fingerprint density at radius 2 is 2.05 bits per heavy atom. The van der Waals surface area contributed by atoms with E-state index in [1.807, 2.05) is 42.7 Å². The van der Waals surface area contributed by atoms with E-state index in [0.717, 1.165) is 30.8 Å². The molecule has 0 bridgehead atoms. The first-order chi connectivity index (χ1) is 18.0. The third-order valence-corrected chi connectivity index (χ3v) is 6.53. The maximum Gasteiger partial charge on any atom is 0.161 e. The number of β-amino-alcohol motifs (C(OH)–C–C–N with tert-alkyl or cyclic N) is 1. The quantitative estimate of drug-likeness (QED) is 0.352. The second-order valence-corrected chi connectivity index (χ2v) is 9.75. The van der Waals surface area contributed by atoms with Crippen molar-refractivity contribution >= 4 is 11.6 Å². The molecular formula is C28H36ClN3O5. The zero-order chi connectivity index (χ0) is 26.1. The number of methoxy groups -OCH3 is 1. The lowest BCUT2D eigenvalue weighted by Crippen LogP contribution is -2.48. The molecule has 200 valence electrons. The number of aromatic nitrogens is 2. The summed E-state index contributed by atoms with van der Waals surface area (Å²) < 4.78 is 25.4. The van der Waals surface area contributed by atoms with E-state index in [2.05, 4.69) is 21.4 Å². The fourth-order valence-corrected chi connectivity index (χ4v) is 4.64. The van der Waals surface area contributed by atoms with Gasteiger partial charge >= 0.3 is 0 Å². The van der Waals surface area contributed by atoms with Crippen LogP contribution in [0.4, 0.5) is 0 Å². The smallest absolute Gasteiger partial charge is 0.161 e. The zero-order valence-corrected chi connectivity index (χ0v) is 22.3. The number of rotatable bonds is 12. The van der Waals surface area contributed by atoms with E-state index in [1.54, 1.807) is 19.2 Å². The Kier molecular flexibility index (Phi) is 9.68. The molecule has 0 unspecified atom stereocenters. The molecule has 1 saturated heterocycles. The lowest BCUT2D eigenvalue weighted by molar-refractivity contribution is -0.0646. The van der Waals surface area contributed by atoms with Crippen molar-refractivity contribution in [3.63, 3.8) is 0 Å². The molecule has 0 amide bonds. The summed E-state index contributed by atoms with van der Waals surface area (Å²) in [5, 5.41) is 11.8. The summed E-state index contributed by atoms with van der Waals surface area (Å²) in [6, 6.07) is 13.1. The van der Waals surface area contributed by atoms with Crippen LogP contribution in [0.1, 0.15) is 24.7 Å². The predicted molar refractivity (Wildman–Crippen MR) is 143 cm³/mol. The number of nitrogens with zero attached hydrogens (tertiary/aromatic N) is 3. The van der Waals surface area contributed by atoms with E-state index < -0.39 is 5.60 Å². The largest absolute Gasteiger partial charge is 0.493 e. The van der Waals surface area contributed by atoms with Gasteiger partial charge in [-0.25, -0.2) is 4.98 Å². The van der Waals surface area contributed by atoms with Gasteiger partial charge < -0.3 is 28.6 Å². The third kappa shape index (κ3) is 7.85. The molecule has 9 heteroatoms. The normalized spacial score (nSPS) is 18.4. The van der Waals surface area contributed by atoms with E-state index in [0.29, 0.717) is 55.1 Å². The standard InChI is InChI=1S/C28H36ClN3O5/c1-3-27-30-10-12-32(27)11-5-14-36-26-16-22(8-9-25(26)34-2)18-31-13-15-35-20-28(33,19-31)21-37-24-7-4-6-23(29)17-24/h4,6-10,12,16-17,33H,3,5,11,13-15,18-21H2,1-2H3/t28-/m0/s1. The van der Waals surface area contributed by atoms with Crippen molar-refractivity contribution in [2.45, 2.75) is 38.5 Å². The van der Waals surface area contributed by atoms with E-state index >= 15 is 0 Å². The molecule has 0 saturated carbocycles. The van der Waals surface area contributed by atoms with Crippen molar-refractivity contribution in [1.29, 1.82) is 0 Å². The molecule has 37 heavy (non-hydrogen) atoms. The Morgan fingerprint density at radius 3 is 2.86 bits per heavy atom. The average molecular weight is 530 g/mol. The molecule has 1 fully saturated rings. The molecule has 2 aromatic carbocycles. The van der Waals surface area contributed by atoms with Gasteiger partial charge in [0.05, 0.1) is 26.9 Å². The third-order valence-electron chi connectivity index (χ3n) is 6.30. The number of aliphatic hydroxyl groups is 1. The van der Waals surface area contributed by atoms with Crippen LogP contribution in [0.3, 0.4) is 0 Å². The first kappa shape index (κ1) is 27.3. The van der Waals surface area contributed by atoms with Crippen molar-refractivity contribution < 1.29 is 24.1 Å². The molecule has 1 atom stereocenters. The van der Waals surface area contributed by atoms with Gasteiger partial charge in [-0.15, -0.1) is 0 Å². The minimum atomic E-state index is -1.14. The van der Waals surface area contributed by atoms with Gasteiger partial charge in [-0.1, -0.05) is 30.7 Å². The first-order valence-electron chi connectivity index (χ1n) is 12.7. The number of imidazole rings is 1. The molecule has 0 radical (unpaired) electrons. The van der Waals surface area contributed by atoms with Crippen LogP contribution in [0.5, 0.6) is 17.2 Å². The van der Waals surface area contributed by atoms with Gasteiger partial charge in [0.1, 0.15) is 23.8 Å². The lowest BCUT2D eigenvalue weighted by Gasteiger charge is -2.30. The Labute approximate surface area is 223 Å². The highest BCUT2D eigenvalue weighted by molar-refractivity contribution is 6.30. The average Bonchev–Trinajstić information content (AvgIpc) is 3.27. The van der Waals surface area contributed by atoms with E-state index in [4.69, 9.17) is 30.5 Å². The summed E-state index contributed by atoms with van der Waals surface area (Å²) in [7, 11) is 1.65. The van der Waals surface area contributed by atoms with Crippen molar-refractivity contribution in [2.24, 2.45) is 0 Å². The van der Waals surface area contributed by atoms with Crippen molar-refractivity contribution in [3.05, 3.63) is 71.3 Å². The summed E-state index contributed by atoms with van der Waals surface area (Å²) in [6.07, 6.45) is 5.61. The van der Waals surface area contributed by atoms with Crippen LogP contribution >= 0.6 is 11.6 Å². The van der Waals surface area contributed by atoms with Gasteiger partial charge in [0.15, 0.2) is 11.5 Å². The van der Waals surface area contributed by atoms with E-state index in [1.165, 1.54) is 0 Å². The number of ether oxygens (including phenoxy) is 4. The molecule has 4 rings (SSSR count). The number of hydrogen-bond acceptors (Lipinski definition) is 7. The maximum absolute atomic E-state index is 11.3. The van der Waals surface area contributed by atoms with Crippen LogP contribution in [0.2, 0.25) is 5.02 Å². The predicted octanol–water partition coefficient (Wildman–Crippen LogP) is 4.22. The van der Waals surface area contributed by atoms with Gasteiger partial charge in [-0.05, 0) is 42.3 Å². The van der Waals surface area contributed by atoms with Crippen molar-refractivity contribution in [2.75, 3.05) is 46.6 Å². The Balaban J connectivity index is 1.34. The lowest BCUT2D eigenvalue weighted by atomic mass is 10.1. The SMILES string of the molecule is CCc1nccn1CCCOc1cc(CN2CCOC[C@](O)(COc3cccc(Cl)c3)C2)ccc1OC. The molecule has 0 aliphatic carbocycles. The fourth-order valence-electron chi connectivity index (χ4n) is 4.46. The topological polar surface area (TPSA) is 78.2 Å². The van der Waals surface area contributed by atoms with Gasteiger partial charge in [0.25, 0.3) is 0 Å². The second kappa shape index (κ2) is 13.1. The Hall–Kier alpha value is -2.78. The number of aryl methyl sites for hydroxylation is 2.